The third-order valence-electron chi connectivity index (χ3n) is 4.92. The lowest BCUT2D eigenvalue weighted by Gasteiger charge is -2.18. The smallest absolute Gasteiger partial charge is 0.328 e. The molecule has 0 aromatic heterocycles. The molecule has 0 heterocycles. The van der Waals surface area contributed by atoms with Crippen molar-refractivity contribution in [2.45, 2.75) is 32.9 Å². The highest BCUT2D eigenvalue weighted by molar-refractivity contribution is 6.05. The van der Waals surface area contributed by atoms with E-state index in [4.69, 9.17) is 0 Å². The predicted molar refractivity (Wildman–Crippen MR) is 138 cm³/mol. The molecule has 194 valence electrons. The average molecular weight is 507 g/mol. The van der Waals surface area contributed by atoms with Crippen LogP contribution in [0.15, 0.2) is 72.1 Å². The standard InChI is InChI=1S/C27H30N4O6/c1-17(28-25(34)22(30-19(3)32)15-20-11-7-5-8-12-20)24(33)31-23(16-21-13-9-6-10-14-21)26(35)29-18(2)27(36)37-4/h5-18H,1-4H3,(H,28,34)(H,29,35)(H,30,32)(H,31,33)/b22-15-,23-16+/t17-,18+/m0/s1. The van der Waals surface area contributed by atoms with Crippen molar-refractivity contribution >= 4 is 41.8 Å². The van der Waals surface area contributed by atoms with Crippen molar-refractivity contribution in [1.82, 2.24) is 21.3 Å². The molecule has 0 saturated heterocycles. The Morgan fingerprint density at radius 3 is 1.57 bits per heavy atom. The van der Waals surface area contributed by atoms with Crippen molar-refractivity contribution in [3.8, 4) is 0 Å². The first-order valence-corrected chi connectivity index (χ1v) is 11.4. The van der Waals surface area contributed by atoms with Crippen molar-refractivity contribution < 1.29 is 28.7 Å². The average Bonchev–Trinajstić information content (AvgIpc) is 2.88. The highest BCUT2D eigenvalue weighted by Crippen LogP contribution is 2.08. The van der Waals surface area contributed by atoms with Gasteiger partial charge in [0.1, 0.15) is 23.5 Å². The molecule has 2 aromatic rings. The normalized spacial score (nSPS) is 13.0. The highest BCUT2D eigenvalue weighted by Gasteiger charge is 2.24. The van der Waals surface area contributed by atoms with Gasteiger partial charge in [-0.15, -0.1) is 0 Å². The van der Waals surface area contributed by atoms with Crippen LogP contribution in [0, 0.1) is 0 Å². The monoisotopic (exact) mass is 506 g/mol. The van der Waals surface area contributed by atoms with Crippen molar-refractivity contribution in [3.05, 3.63) is 83.2 Å². The number of ether oxygens (including phenoxy) is 1. The maximum absolute atomic E-state index is 12.9. The first-order chi connectivity index (χ1) is 17.6. The Hall–Kier alpha value is -4.73. The summed E-state index contributed by atoms with van der Waals surface area (Å²) in [6.45, 7) is 4.13. The van der Waals surface area contributed by atoms with E-state index in [0.29, 0.717) is 11.1 Å². The molecular weight excluding hydrogens is 476 g/mol. The van der Waals surface area contributed by atoms with Crippen LogP contribution in [0.4, 0.5) is 0 Å². The van der Waals surface area contributed by atoms with Crippen LogP contribution in [0.1, 0.15) is 31.9 Å². The largest absolute Gasteiger partial charge is 0.467 e. The number of hydrogen-bond donors (Lipinski definition) is 4. The van der Waals surface area contributed by atoms with Crippen LogP contribution >= 0.6 is 0 Å². The van der Waals surface area contributed by atoms with Gasteiger partial charge in [-0.05, 0) is 37.1 Å². The summed E-state index contributed by atoms with van der Waals surface area (Å²) in [5.74, 6) is -3.23. The summed E-state index contributed by atoms with van der Waals surface area (Å²) in [7, 11) is 1.19. The van der Waals surface area contributed by atoms with Crippen molar-refractivity contribution in [1.29, 1.82) is 0 Å². The second-order valence-electron chi connectivity index (χ2n) is 8.02. The number of esters is 1. The molecule has 37 heavy (non-hydrogen) atoms. The molecule has 2 aromatic carbocycles. The summed E-state index contributed by atoms with van der Waals surface area (Å²) in [6.07, 6.45) is 2.91. The molecule has 0 spiro atoms. The maximum Gasteiger partial charge on any atom is 0.328 e. The molecule has 0 fully saturated rings. The van der Waals surface area contributed by atoms with Crippen LogP contribution in [0.5, 0.6) is 0 Å². The van der Waals surface area contributed by atoms with E-state index in [1.807, 2.05) is 6.07 Å². The van der Waals surface area contributed by atoms with E-state index in [-0.39, 0.29) is 11.4 Å². The fourth-order valence-corrected chi connectivity index (χ4v) is 3.03. The third kappa shape index (κ3) is 9.44. The van der Waals surface area contributed by atoms with Gasteiger partial charge in [-0.25, -0.2) is 4.79 Å². The summed E-state index contributed by atoms with van der Waals surface area (Å²) in [5.41, 5.74) is 1.09. The van der Waals surface area contributed by atoms with Gasteiger partial charge in [0.15, 0.2) is 0 Å². The van der Waals surface area contributed by atoms with E-state index in [9.17, 15) is 24.0 Å². The molecule has 0 unspecified atom stereocenters. The molecule has 0 aliphatic carbocycles. The highest BCUT2D eigenvalue weighted by atomic mass is 16.5. The Kier molecular flexibility index (Phi) is 10.8. The molecule has 4 N–H and O–H groups in total. The van der Waals surface area contributed by atoms with E-state index in [1.54, 1.807) is 54.6 Å². The SMILES string of the molecule is COC(=O)[C@@H](C)NC(=O)/C(=C\c1ccccc1)NC(=O)[C@H](C)NC(=O)/C(=C/c1ccccc1)NC(C)=O. The zero-order valence-corrected chi connectivity index (χ0v) is 21.0. The molecule has 2 atom stereocenters. The molecule has 0 aliphatic heterocycles. The molecular formula is C27H30N4O6. The molecule has 0 bridgehead atoms. The predicted octanol–water partition coefficient (Wildman–Crippen LogP) is 1.50. The Balaban J connectivity index is 2.21. The van der Waals surface area contributed by atoms with Crippen LogP contribution in [0.25, 0.3) is 12.2 Å². The minimum Gasteiger partial charge on any atom is -0.467 e. The second-order valence-corrected chi connectivity index (χ2v) is 8.02. The molecule has 2 rings (SSSR count). The van der Waals surface area contributed by atoms with Crippen LogP contribution in [0.2, 0.25) is 0 Å². The van der Waals surface area contributed by atoms with Gasteiger partial charge in [0, 0.05) is 6.92 Å². The van der Waals surface area contributed by atoms with Gasteiger partial charge in [0.25, 0.3) is 11.8 Å². The van der Waals surface area contributed by atoms with E-state index < -0.39 is 41.7 Å². The Morgan fingerprint density at radius 1 is 0.703 bits per heavy atom. The van der Waals surface area contributed by atoms with Gasteiger partial charge in [0.05, 0.1) is 7.11 Å². The molecule has 4 amide bonds. The van der Waals surface area contributed by atoms with E-state index in [2.05, 4.69) is 26.0 Å². The van der Waals surface area contributed by atoms with Gasteiger partial charge in [0.2, 0.25) is 11.8 Å². The third-order valence-corrected chi connectivity index (χ3v) is 4.92. The van der Waals surface area contributed by atoms with Gasteiger partial charge in [-0.1, -0.05) is 60.7 Å². The topological polar surface area (TPSA) is 143 Å². The quantitative estimate of drug-likeness (QED) is 0.284. The lowest BCUT2D eigenvalue weighted by atomic mass is 10.1. The molecule has 10 nitrogen and oxygen atoms in total. The van der Waals surface area contributed by atoms with E-state index >= 15 is 0 Å². The number of methoxy groups -OCH3 is 1. The van der Waals surface area contributed by atoms with Crippen molar-refractivity contribution in [2.24, 2.45) is 0 Å². The van der Waals surface area contributed by atoms with Crippen LogP contribution in [-0.2, 0) is 28.7 Å². The van der Waals surface area contributed by atoms with Crippen molar-refractivity contribution in [3.63, 3.8) is 0 Å². The number of nitrogens with one attached hydrogen (secondary N) is 4. The van der Waals surface area contributed by atoms with Crippen LogP contribution in [-0.4, -0.2) is 48.8 Å². The van der Waals surface area contributed by atoms with E-state index in [0.717, 1.165) is 0 Å². The molecule has 10 heteroatoms. The molecule has 0 radical (unpaired) electrons. The van der Waals surface area contributed by atoms with Crippen LogP contribution < -0.4 is 21.3 Å². The maximum atomic E-state index is 12.9. The zero-order chi connectivity index (χ0) is 27.4. The Labute approximate surface area is 215 Å². The summed E-state index contributed by atoms with van der Waals surface area (Å²) < 4.78 is 4.62. The molecule has 0 saturated carbocycles. The fraction of sp³-hybridized carbons (Fsp3) is 0.222. The second kappa shape index (κ2) is 14.0. The number of carbonyl (C=O) groups is 5. The minimum absolute atomic E-state index is 0.0527. The Bertz CT molecular complexity index is 1190. The first-order valence-electron chi connectivity index (χ1n) is 11.4. The number of benzene rings is 2. The van der Waals surface area contributed by atoms with Crippen molar-refractivity contribution in [2.75, 3.05) is 7.11 Å². The van der Waals surface area contributed by atoms with Gasteiger partial charge >= 0.3 is 5.97 Å². The van der Waals surface area contributed by atoms with E-state index in [1.165, 1.54) is 40.0 Å². The summed E-state index contributed by atoms with van der Waals surface area (Å²) >= 11 is 0. The fourth-order valence-electron chi connectivity index (χ4n) is 3.03. The van der Waals surface area contributed by atoms with Gasteiger partial charge < -0.3 is 26.0 Å². The number of carbonyl (C=O) groups excluding carboxylic acids is 5. The number of rotatable bonds is 10. The van der Waals surface area contributed by atoms with Gasteiger partial charge in [-0.2, -0.15) is 0 Å². The van der Waals surface area contributed by atoms with Gasteiger partial charge in [-0.3, -0.25) is 19.2 Å². The summed E-state index contributed by atoms with van der Waals surface area (Å²) in [5, 5.41) is 9.94. The number of amides is 4. The first kappa shape index (κ1) is 28.5. The number of hydrogen-bond acceptors (Lipinski definition) is 6. The van der Waals surface area contributed by atoms with Crippen LogP contribution in [0.3, 0.4) is 0 Å². The summed E-state index contributed by atoms with van der Waals surface area (Å²) in [4.78, 5) is 62.0. The lowest BCUT2D eigenvalue weighted by Crippen LogP contribution is -2.49. The molecule has 0 aliphatic rings. The lowest BCUT2D eigenvalue weighted by molar-refractivity contribution is -0.144. The summed E-state index contributed by atoms with van der Waals surface area (Å²) in [6, 6.07) is 15.6. The Morgan fingerprint density at radius 2 is 1.14 bits per heavy atom. The minimum atomic E-state index is -1.09. The zero-order valence-electron chi connectivity index (χ0n) is 21.0.